The van der Waals surface area contributed by atoms with Crippen LogP contribution in [0.4, 0.5) is 0 Å². The molecular weight excluding hydrogens is 392 g/mol. The van der Waals surface area contributed by atoms with Crippen LogP contribution in [0, 0.1) is 6.92 Å². The molecule has 2 aromatic heterocycles. The molecule has 0 saturated heterocycles. The van der Waals surface area contributed by atoms with Gasteiger partial charge in [0, 0.05) is 30.6 Å². The molecule has 0 spiro atoms. The predicted octanol–water partition coefficient (Wildman–Crippen LogP) is 4.42. The number of phenols is 2. The largest absolute Gasteiger partial charge is 0.507 e. The summed E-state index contributed by atoms with van der Waals surface area (Å²) in [6, 6.07) is 15.8. The Morgan fingerprint density at radius 1 is 1.10 bits per heavy atom. The third-order valence-corrected chi connectivity index (χ3v) is 5.58. The lowest BCUT2D eigenvalue weighted by Crippen LogP contribution is -2.30. The molecule has 2 aromatic carbocycles. The first-order chi connectivity index (χ1) is 14.9. The van der Waals surface area contributed by atoms with Gasteiger partial charge in [-0.25, -0.2) is 4.68 Å². The molecule has 31 heavy (non-hydrogen) atoms. The fraction of sp³-hybridized carbons (Fsp3) is 0.167. The molecule has 0 radical (unpaired) electrons. The van der Waals surface area contributed by atoms with Crippen molar-refractivity contribution in [2.24, 2.45) is 0 Å². The lowest BCUT2D eigenvalue weighted by atomic mass is 10.0. The molecule has 0 saturated carbocycles. The van der Waals surface area contributed by atoms with Crippen LogP contribution in [-0.2, 0) is 0 Å². The summed E-state index contributed by atoms with van der Waals surface area (Å²) in [5.41, 5.74) is 3.88. The van der Waals surface area contributed by atoms with Gasteiger partial charge in [0.05, 0.1) is 29.2 Å². The molecule has 4 rings (SSSR count). The Bertz CT molecular complexity index is 1230. The van der Waals surface area contributed by atoms with Crippen molar-refractivity contribution in [2.45, 2.75) is 19.9 Å². The number of H-pyrrole nitrogens is 1. The lowest BCUT2D eigenvalue weighted by molar-refractivity contribution is 0.0737. The second-order valence-corrected chi connectivity index (χ2v) is 7.52. The zero-order valence-corrected chi connectivity index (χ0v) is 17.6. The maximum atomic E-state index is 13.2. The van der Waals surface area contributed by atoms with Gasteiger partial charge >= 0.3 is 0 Å². The van der Waals surface area contributed by atoms with Crippen LogP contribution in [0.3, 0.4) is 0 Å². The fourth-order valence-corrected chi connectivity index (χ4v) is 3.63. The highest BCUT2D eigenvalue weighted by Crippen LogP contribution is 2.37. The number of hydrogen-bond acceptors (Lipinski definition) is 4. The molecule has 2 heterocycles. The Labute approximate surface area is 180 Å². The molecular formula is C24H24N4O3. The minimum atomic E-state index is -0.359. The summed E-state index contributed by atoms with van der Waals surface area (Å²) < 4.78 is 1.71. The predicted molar refractivity (Wildman–Crippen MR) is 118 cm³/mol. The highest BCUT2D eigenvalue weighted by molar-refractivity contribution is 5.99. The van der Waals surface area contributed by atoms with Crippen molar-refractivity contribution >= 4 is 5.91 Å². The van der Waals surface area contributed by atoms with Gasteiger partial charge in [-0.05, 0) is 49.7 Å². The van der Waals surface area contributed by atoms with Crippen molar-refractivity contribution in [1.29, 1.82) is 0 Å². The molecule has 0 aliphatic rings. The van der Waals surface area contributed by atoms with Gasteiger partial charge < -0.3 is 20.1 Å². The molecule has 0 aliphatic heterocycles. The molecule has 4 aromatic rings. The summed E-state index contributed by atoms with van der Waals surface area (Å²) in [6.45, 7) is 3.87. The van der Waals surface area contributed by atoms with Gasteiger partial charge in [0.2, 0.25) is 0 Å². The van der Waals surface area contributed by atoms with E-state index >= 15 is 0 Å². The van der Waals surface area contributed by atoms with Crippen LogP contribution in [-0.4, -0.2) is 42.8 Å². The highest BCUT2D eigenvalue weighted by Gasteiger charge is 2.24. The average Bonchev–Trinajstić information content (AvgIpc) is 3.45. The van der Waals surface area contributed by atoms with Gasteiger partial charge in [-0.2, -0.15) is 5.10 Å². The molecule has 1 unspecified atom stereocenters. The Hall–Kier alpha value is -4.00. The Kier molecular flexibility index (Phi) is 5.25. The van der Waals surface area contributed by atoms with E-state index in [1.54, 1.807) is 35.1 Å². The number of nitrogens with one attached hydrogen (secondary N) is 1. The number of phenolic OH excluding ortho intramolecular Hbond substituents is 2. The van der Waals surface area contributed by atoms with Crippen LogP contribution in [0.5, 0.6) is 11.5 Å². The van der Waals surface area contributed by atoms with E-state index in [0.29, 0.717) is 11.3 Å². The van der Waals surface area contributed by atoms with Crippen LogP contribution in [0.15, 0.2) is 67.0 Å². The monoisotopic (exact) mass is 416 g/mol. The Balaban J connectivity index is 1.76. The van der Waals surface area contributed by atoms with E-state index in [2.05, 4.69) is 10.1 Å². The molecule has 3 N–H and O–H groups in total. The van der Waals surface area contributed by atoms with Crippen molar-refractivity contribution in [3.63, 3.8) is 0 Å². The number of amides is 1. The number of nitrogens with zero attached hydrogens (tertiary/aromatic N) is 3. The Morgan fingerprint density at radius 2 is 1.87 bits per heavy atom. The highest BCUT2D eigenvalue weighted by atomic mass is 16.3. The van der Waals surface area contributed by atoms with Crippen LogP contribution in [0.25, 0.3) is 16.9 Å². The van der Waals surface area contributed by atoms with Crippen molar-refractivity contribution in [3.05, 3.63) is 83.8 Å². The van der Waals surface area contributed by atoms with E-state index in [1.807, 2.05) is 50.2 Å². The van der Waals surface area contributed by atoms with E-state index in [9.17, 15) is 15.0 Å². The number of aromatic nitrogens is 3. The third kappa shape index (κ3) is 3.66. The summed E-state index contributed by atoms with van der Waals surface area (Å²) in [5.74, 6) is -0.772. The molecule has 0 bridgehead atoms. The summed E-state index contributed by atoms with van der Waals surface area (Å²) in [7, 11) is 1.68. The van der Waals surface area contributed by atoms with E-state index in [0.717, 1.165) is 16.9 Å². The first kappa shape index (κ1) is 20.3. The number of hydrogen-bond donors (Lipinski definition) is 3. The van der Waals surface area contributed by atoms with Crippen LogP contribution < -0.4 is 0 Å². The maximum absolute atomic E-state index is 13.2. The second-order valence-electron chi connectivity index (χ2n) is 7.52. The first-order valence-corrected chi connectivity index (χ1v) is 9.95. The number of aryl methyl sites for hydroxylation is 1. The summed E-state index contributed by atoms with van der Waals surface area (Å²) in [4.78, 5) is 17.8. The third-order valence-electron chi connectivity index (χ3n) is 5.58. The standard InChI is InChI=1S/C24H24N4O3/c1-15-7-4-5-9-20(15)28-21(10-12-26-28)17-13-18(23(30)14-22(17)29)24(31)27(3)16(2)19-8-6-11-25-19/h4-14,16,25,29-30H,1-3H3. The van der Waals surface area contributed by atoms with Gasteiger partial charge in [-0.15, -0.1) is 0 Å². The lowest BCUT2D eigenvalue weighted by Gasteiger charge is -2.25. The molecule has 0 fully saturated rings. The maximum Gasteiger partial charge on any atom is 0.257 e. The minimum Gasteiger partial charge on any atom is -0.507 e. The van der Waals surface area contributed by atoms with E-state index < -0.39 is 0 Å². The number of para-hydroxylation sites is 1. The molecule has 158 valence electrons. The van der Waals surface area contributed by atoms with Crippen molar-refractivity contribution in [3.8, 4) is 28.4 Å². The normalized spacial score (nSPS) is 12.0. The molecule has 0 aliphatic carbocycles. The van der Waals surface area contributed by atoms with Crippen molar-refractivity contribution in [1.82, 2.24) is 19.7 Å². The molecule has 1 atom stereocenters. The second kappa shape index (κ2) is 8.02. The molecule has 7 nitrogen and oxygen atoms in total. The van der Waals surface area contributed by atoms with E-state index in [1.165, 1.54) is 12.1 Å². The zero-order chi connectivity index (χ0) is 22.1. The van der Waals surface area contributed by atoms with Crippen LogP contribution in [0.2, 0.25) is 0 Å². The number of aromatic hydroxyl groups is 2. The Morgan fingerprint density at radius 3 is 2.58 bits per heavy atom. The quantitative estimate of drug-likeness (QED) is 0.449. The zero-order valence-electron chi connectivity index (χ0n) is 17.6. The summed E-state index contributed by atoms with van der Waals surface area (Å²) in [5, 5.41) is 25.4. The van der Waals surface area contributed by atoms with E-state index in [4.69, 9.17) is 0 Å². The van der Waals surface area contributed by atoms with Gasteiger partial charge in [-0.1, -0.05) is 18.2 Å². The van der Waals surface area contributed by atoms with Crippen LogP contribution >= 0.6 is 0 Å². The van der Waals surface area contributed by atoms with Gasteiger partial charge in [0.1, 0.15) is 11.5 Å². The number of rotatable bonds is 5. The number of carbonyl (C=O) groups excluding carboxylic acids is 1. The summed E-state index contributed by atoms with van der Waals surface area (Å²) >= 11 is 0. The van der Waals surface area contributed by atoms with Crippen molar-refractivity contribution in [2.75, 3.05) is 7.05 Å². The van der Waals surface area contributed by atoms with Gasteiger partial charge in [-0.3, -0.25) is 4.79 Å². The van der Waals surface area contributed by atoms with Gasteiger partial charge in [0.15, 0.2) is 0 Å². The molecule has 7 heteroatoms. The number of carbonyl (C=O) groups is 1. The van der Waals surface area contributed by atoms with E-state index in [-0.39, 0.29) is 29.0 Å². The SMILES string of the molecule is Cc1ccccc1-n1nccc1-c1cc(C(=O)N(C)C(C)c2ccc[nH]2)c(O)cc1O. The summed E-state index contributed by atoms with van der Waals surface area (Å²) in [6.07, 6.45) is 3.43. The topological polar surface area (TPSA) is 94.4 Å². The smallest absolute Gasteiger partial charge is 0.257 e. The van der Waals surface area contributed by atoms with Crippen LogP contribution in [0.1, 0.15) is 34.6 Å². The fourth-order valence-electron chi connectivity index (χ4n) is 3.63. The van der Waals surface area contributed by atoms with Crippen molar-refractivity contribution < 1.29 is 15.0 Å². The number of aromatic amines is 1. The molecule has 1 amide bonds. The van der Waals surface area contributed by atoms with Gasteiger partial charge in [0.25, 0.3) is 5.91 Å². The number of benzene rings is 2. The average molecular weight is 416 g/mol. The minimum absolute atomic E-state index is 0.103. The first-order valence-electron chi connectivity index (χ1n) is 9.95.